The smallest absolute Gasteiger partial charge is 0.309 e. The van der Waals surface area contributed by atoms with Gasteiger partial charge in [0.2, 0.25) is 0 Å². The van der Waals surface area contributed by atoms with Crippen molar-refractivity contribution in [1.82, 2.24) is 9.97 Å². The molecule has 1 heterocycles. The van der Waals surface area contributed by atoms with E-state index in [2.05, 4.69) is 40.3 Å². The SMILES string of the molecule is O=C(O)Cc1cnc(Cc2ccc3ccccc3c2)[nH]1. The largest absolute Gasteiger partial charge is 0.481 e. The average Bonchev–Trinajstić information content (AvgIpc) is 2.85. The fourth-order valence-electron chi connectivity index (χ4n) is 2.29. The van der Waals surface area contributed by atoms with Gasteiger partial charge in [-0.2, -0.15) is 0 Å². The highest BCUT2D eigenvalue weighted by atomic mass is 16.4. The van der Waals surface area contributed by atoms with Gasteiger partial charge in [-0.05, 0) is 16.3 Å². The zero-order valence-corrected chi connectivity index (χ0v) is 10.8. The lowest BCUT2D eigenvalue weighted by Gasteiger charge is -2.02. The molecule has 1 aromatic heterocycles. The number of carboxylic acid groups (broad SMARTS) is 1. The summed E-state index contributed by atoms with van der Waals surface area (Å²) in [5, 5.41) is 11.1. The summed E-state index contributed by atoms with van der Waals surface area (Å²) in [5.41, 5.74) is 1.79. The molecular formula is C16H14N2O2. The molecule has 2 aromatic carbocycles. The molecule has 0 aliphatic heterocycles. The standard InChI is InChI=1S/C16H14N2O2/c19-16(20)9-14-10-17-15(18-14)8-11-5-6-12-3-1-2-4-13(12)7-11/h1-7,10H,8-9H2,(H,17,18)(H,19,20). The fourth-order valence-corrected chi connectivity index (χ4v) is 2.29. The van der Waals surface area contributed by atoms with Crippen LogP contribution in [0.2, 0.25) is 0 Å². The maximum atomic E-state index is 10.6. The molecule has 2 N–H and O–H groups in total. The zero-order chi connectivity index (χ0) is 13.9. The normalized spacial score (nSPS) is 10.8. The Morgan fingerprint density at radius 1 is 1.15 bits per heavy atom. The number of aromatic amines is 1. The van der Waals surface area contributed by atoms with Crippen molar-refractivity contribution in [3.63, 3.8) is 0 Å². The van der Waals surface area contributed by atoms with E-state index in [4.69, 9.17) is 5.11 Å². The van der Waals surface area contributed by atoms with Crippen LogP contribution in [0.25, 0.3) is 10.8 Å². The summed E-state index contributed by atoms with van der Waals surface area (Å²) >= 11 is 0. The second kappa shape index (κ2) is 5.17. The Balaban J connectivity index is 1.81. The average molecular weight is 266 g/mol. The molecule has 0 radical (unpaired) electrons. The number of benzene rings is 2. The topological polar surface area (TPSA) is 66.0 Å². The Hall–Kier alpha value is -2.62. The Labute approximate surface area is 116 Å². The lowest BCUT2D eigenvalue weighted by atomic mass is 10.1. The minimum atomic E-state index is -0.856. The molecule has 3 aromatic rings. The number of nitrogens with zero attached hydrogens (tertiary/aromatic N) is 1. The van der Waals surface area contributed by atoms with Crippen molar-refractivity contribution in [3.8, 4) is 0 Å². The highest BCUT2D eigenvalue weighted by Crippen LogP contribution is 2.17. The van der Waals surface area contributed by atoms with Gasteiger partial charge in [-0.15, -0.1) is 0 Å². The van der Waals surface area contributed by atoms with Gasteiger partial charge < -0.3 is 10.1 Å². The van der Waals surface area contributed by atoms with Crippen molar-refractivity contribution in [2.75, 3.05) is 0 Å². The third-order valence-corrected chi connectivity index (χ3v) is 3.21. The molecule has 0 aliphatic carbocycles. The number of hydrogen-bond donors (Lipinski definition) is 2. The molecule has 100 valence electrons. The van der Waals surface area contributed by atoms with Gasteiger partial charge in [0.1, 0.15) is 5.82 Å². The first kappa shape index (κ1) is 12.4. The van der Waals surface area contributed by atoms with Crippen LogP contribution < -0.4 is 0 Å². The Morgan fingerprint density at radius 2 is 1.95 bits per heavy atom. The van der Waals surface area contributed by atoms with Crippen LogP contribution in [0.5, 0.6) is 0 Å². The maximum Gasteiger partial charge on any atom is 0.309 e. The molecule has 0 amide bonds. The molecule has 3 rings (SSSR count). The molecule has 0 unspecified atom stereocenters. The molecule has 0 saturated carbocycles. The molecule has 0 bridgehead atoms. The Kier molecular flexibility index (Phi) is 3.21. The van der Waals surface area contributed by atoms with Crippen molar-refractivity contribution in [1.29, 1.82) is 0 Å². The number of hydrogen-bond acceptors (Lipinski definition) is 2. The predicted molar refractivity (Wildman–Crippen MR) is 76.7 cm³/mol. The van der Waals surface area contributed by atoms with Gasteiger partial charge in [-0.3, -0.25) is 4.79 Å². The van der Waals surface area contributed by atoms with Crippen LogP contribution >= 0.6 is 0 Å². The van der Waals surface area contributed by atoms with E-state index in [1.54, 1.807) is 6.20 Å². The summed E-state index contributed by atoms with van der Waals surface area (Å²) in [4.78, 5) is 17.9. The first-order chi connectivity index (χ1) is 9.70. The van der Waals surface area contributed by atoms with E-state index in [1.807, 2.05) is 12.1 Å². The van der Waals surface area contributed by atoms with E-state index in [0.29, 0.717) is 12.1 Å². The van der Waals surface area contributed by atoms with Crippen LogP contribution in [-0.4, -0.2) is 21.0 Å². The van der Waals surface area contributed by atoms with Crippen molar-refractivity contribution in [2.24, 2.45) is 0 Å². The Bertz CT molecular complexity index is 762. The van der Waals surface area contributed by atoms with Crippen LogP contribution in [-0.2, 0) is 17.6 Å². The van der Waals surface area contributed by atoms with E-state index in [-0.39, 0.29) is 6.42 Å². The monoisotopic (exact) mass is 266 g/mol. The highest BCUT2D eigenvalue weighted by Gasteiger charge is 2.06. The summed E-state index contributed by atoms with van der Waals surface area (Å²) in [6.07, 6.45) is 2.24. The predicted octanol–water partition coefficient (Wildman–Crippen LogP) is 2.78. The number of nitrogens with one attached hydrogen (secondary N) is 1. The van der Waals surface area contributed by atoms with Gasteiger partial charge in [0.25, 0.3) is 0 Å². The summed E-state index contributed by atoms with van der Waals surface area (Å²) in [7, 11) is 0. The number of H-pyrrole nitrogens is 1. The first-order valence-corrected chi connectivity index (χ1v) is 6.43. The summed E-state index contributed by atoms with van der Waals surface area (Å²) in [6.45, 7) is 0. The molecule has 4 nitrogen and oxygen atoms in total. The number of carbonyl (C=O) groups is 1. The van der Waals surface area contributed by atoms with Gasteiger partial charge in [-0.1, -0.05) is 42.5 Å². The molecule has 0 aliphatic rings. The second-order valence-electron chi connectivity index (χ2n) is 4.78. The number of imidazole rings is 1. The van der Waals surface area contributed by atoms with Crippen molar-refractivity contribution < 1.29 is 9.90 Å². The van der Waals surface area contributed by atoms with Crippen LogP contribution in [0.4, 0.5) is 0 Å². The molecule has 20 heavy (non-hydrogen) atoms. The van der Waals surface area contributed by atoms with Crippen molar-refractivity contribution >= 4 is 16.7 Å². The third kappa shape index (κ3) is 2.69. The van der Waals surface area contributed by atoms with Crippen LogP contribution in [0.3, 0.4) is 0 Å². The summed E-state index contributed by atoms with van der Waals surface area (Å²) in [6, 6.07) is 14.5. The number of aromatic nitrogens is 2. The molecular weight excluding hydrogens is 252 g/mol. The van der Waals surface area contributed by atoms with Gasteiger partial charge in [-0.25, -0.2) is 4.98 Å². The van der Waals surface area contributed by atoms with Gasteiger partial charge in [0, 0.05) is 18.3 Å². The van der Waals surface area contributed by atoms with E-state index >= 15 is 0 Å². The van der Waals surface area contributed by atoms with Gasteiger partial charge >= 0.3 is 5.97 Å². The minimum Gasteiger partial charge on any atom is -0.481 e. The Morgan fingerprint density at radius 3 is 2.75 bits per heavy atom. The summed E-state index contributed by atoms with van der Waals surface area (Å²) in [5.74, 6) is -0.0672. The van der Waals surface area contributed by atoms with Crippen molar-refractivity contribution in [2.45, 2.75) is 12.8 Å². The van der Waals surface area contributed by atoms with E-state index in [1.165, 1.54) is 10.8 Å². The first-order valence-electron chi connectivity index (χ1n) is 6.43. The lowest BCUT2D eigenvalue weighted by molar-refractivity contribution is -0.136. The van der Waals surface area contributed by atoms with Crippen LogP contribution in [0.1, 0.15) is 17.1 Å². The van der Waals surface area contributed by atoms with Gasteiger partial charge in [0.05, 0.1) is 6.42 Å². The molecule has 0 saturated heterocycles. The molecule has 4 heteroatoms. The third-order valence-electron chi connectivity index (χ3n) is 3.21. The van der Waals surface area contributed by atoms with Gasteiger partial charge in [0.15, 0.2) is 0 Å². The molecule has 0 atom stereocenters. The lowest BCUT2D eigenvalue weighted by Crippen LogP contribution is -2.00. The van der Waals surface area contributed by atoms with E-state index in [9.17, 15) is 4.79 Å². The van der Waals surface area contributed by atoms with E-state index < -0.39 is 5.97 Å². The number of carboxylic acids is 1. The zero-order valence-electron chi connectivity index (χ0n) is 10.8. The highest BCUT2D eigenvalue weighted by molar-refractivity contribution is 5.83. The maximum absolute atomic E-state index is 10.6. The number of rotatable bonds is 4. The fraction of sp³-hybridized carbons (Fsp3) is 0.125. The molecule has 0 fully saturated rings. The van der Waals surface area contributed by atoms with Crippen LogP contribution in [0.15, 0.2) is 48.7 Å². The number of fused-ring (bicyclic) bond motifs is 1. The van der Waals surface area contributed by atoms with Crippen molar-refractivity contribution in [3.05, 3.63) is 65.7 Å². The van der Waals surface area contributed by atoms with E-state index in [0.717, 1.165) is 11.4 Å². The molecule has 0 spiro atoms. The summed E-state index contributed by atoms with van der Waals surface area (Å²) < 4.78 is 0. The van der Waals surface area contributed by atoms with Crippen LogP contribution in [0, 0.1) is 0 Å². The number of aliphatic carboxylic acids is 1. The quantitative estimate of drug-likeness (QED) is 0.763. The minimum absolute atomic E-state index is 0.0231. The second-order valence-corrected chi connectivity index (χ2v) is 4.78.